The summed E-state index contributed by atoms with van der Waals surface area (Å²) in [6.07, 6.45) is 0.847. The van der Waals surface area contributed by atoms with Crippen LogP contribution in [0.4, 0.5) is 15.8 Å². The van der Waals surface area contributed by atoms with E-state index < -0.39 is 0 Å². The number of nitrogen functional groups attached to an aromatic ring is 1. The highest BCUT2D eigenvalue weighted by atomic mass is 19.1. The number of aryl methyl sites for hydroxylation is 2. The molecule has 0 aliphatic heterocycles. The van der Waals surface area contributed by atoms with Gasteiger partial charge in [0.15, 0.2) is 0 Å². The van der Waals surface area contributed by atoms with E-state index in [2.05, 4.69) is 5.32 Å². The van der Waals surface area contributed by atoms with Crippen molar-refractivity contribution in [1.82, 2.24) is 0 Å². The summed E-state index contributed by atoms with van der Waals surface area (Å²) in [4.78, 5) is 0. The second-order valence-corrected chi connectivity index (χ2v) is 4.84. The number of nitrogens with two attached hydrogens (primary N) is 1. The summed E-state index contributed by atoms with van der Waals surface area (Å²) in [5, 5.41) is 3.31. The van der Waals surface area contributed by atoms with Crippen molar-refractivity contribution >= 4 is 11.4 Å². The minimum atomic E-state index is -0.183. The number of nitrogens with one attached hydrogen (secondary N) is 1. The number of hydrogen-bond acceptors (Lipinski definition) is 2. The van der Waals surface area contributed by atoms with Gasteiger partial charge in [-0.25, -0.2) is 4.39 Å². The molecule has 2 nitrogen and oxygen atoms in total. The van der Waals surface area contributed by atoms with Crippen LogP contribution >= 0.6 is 0 Å². The standard InChI is InChI=1S/C16H19FN2/c1-11-3-6-16(15(18)9-11)19-8-7-13-4-5-14(17)10-12(13)2/h3-6,9-10,19H,7-8,18H2,1-2H3. The molecule has 0 radical (unpaired) electrons. The number of anilines is 2. The lowest BCUT2D eigenvalue weighted by Crippen LogP contribution is -2.07. The first kappa shape index (κ1) is 13.4. The van der Waals surface area contributed by atoms with E-state index in [-0.39, 0.29) is 5.82 Å². The Morgan fingerprint density at radius 2 is 1.89 bits per heavy atom. The van der Waals surface area contributed by atoms with Gasteiger partial charge in [-0.05, 0) is 61.2 Å². The summed E-state index contributed by atoms with van der Waals surface area (Å²) in [5.74, 6) is -0.183. The molecule has 0 spiro atoms. The Morgan fingerprint density at radius 1 is 1.11 bits per heavy atom. The van der Waals surface area contributed by atoms with Crippen LogP contribution in [0.5, 0.6) is 0 Å². The van der Waals surface area contributed by atoms with E-state index in [0.717, 1.165) is 41.0 Å². The van der Waals surface area contributed by atoms with E-state index in [9.17, 15) is 4.39 Å². The van der Waals surface area contributed by atoms with Crippen molar-refractivity contribution in [2.75, 3.05) is 17.6 Å². The zero-order valence-electron chi connectivity index (χ0n) is 11.3. The molecule has 0 bridgehead atoms. The second-order valence-electron chi connectivity index (χ2n) is 4.84. The first-order valence-corrected chi connectivity index (χ1v) is 6.41. The summed E-state index contributed by atoms with van der Waals surface area (Å²) < 4.78 is 13.0. The average Bonchev–Trinajstić information content (AvgIpc) is 2.34. The molecule has 0 aliphatic carbocycles. The largest absolute Gasteiger partial charge is 0.397 e. The molecule has 2 rings (SSSR count). The zero-order chi connectivity index (χ0) is 13.8. The smallest absolute Gasteiger partial charge is 0.123 e. The van der Waals surface area contributed by atoms with Gasteiger partial charge in [0.05, 0.1) is 11.4 Å². The monoisotopic (exact) mass is 258 g/mol. The second kappa shape index (κ2) is 5.74. The van der Waals surface area contributed by atoms with Crippen molar-refractivity contribution < 1.29 is 4.39 Å². The van der Waals surface area contributed by atoms with Crippen molar-refractivity contribution in [3.8, 4) is 0 Å². The van der Waals surface area contributed by atoms with E-state index in [1.165, 1.54) is 6.07 Å². The molecular weight excluding hydrogens is 239 g/mol. The van der Waals surface area contributed by atoms with Crippen LogP contribution in [-0.4, -0.2) is 6.54 Å². The third-order valence-electron chi connectivity index (χ3n) is 3.22. The average molecular weight is 258 g/mol. The van der Waals surface area contributed by atoms with E-state index in [1.807, 2.05) is 38.1 Å². The van der Waals surface area contributed by atoms with Crippen molar-refractivity contribution in [2.24, 2.45) is 0 Å². The van der Waals surface area contributed by atoms with E-state index >= 15 is 0 Å². The Hall–Kier alpha value is -2.03. The van der Waals surface area contributed by atoms with E-state index in [4.69, 9.17) is 5.73 Å². The maximum Gasteiger partial charge on any atom is 0.123 e. The molecule has 0 heterocycles. The molecule has 3 heteroatoms. The van der Waals surface area contributed by atoms with Crippen LogP contribution < -0.4 is 11.1 Å². The fraction of sp³-hybridized carbons (Fsp3) is 0.250. The van der Waals surface area contributed by atoms with Crippen molar-refractivity contribution in [3.63, 3.8) is 0 Å². The summed E-state index contributed by atoms with van der Waals surface area (Å²) in [6.45, 7) is 4.72. The Bertz CT molecular complexity index is 527. The molecular formula is C16H19FN2. The minimum Gasteiger partial charge on any atom is -0.397 e. The van der Waals surface area contributed by atoms with Crippen molar-refractivity contribution in [2.45, 2.75) is 20.3 Å². The van der Waals surface area contributed by atoms with Gasteiger partial charge in [0, 0.05) is 6.54 Å². The lowest BCUT2D eigenvalue weighted by molar-refractivity contribution is 0.625. The summed E-state index contributed by atoms with van der Waals surface area (Å²) >= 11 is 0. The third-order valence-corrected chi connectivity index (χ3v) is 3.22. The maximum atomic E-state index is 13.0. The van der Waals surface area contributed by atoms with Crippen molar-refractivity contribution in [3.05, 3.63) is 58.9 Å². The molecule has 0 aliphatic rings. The van der Waals surface area contributed by atoms with Gasteiger partial charge in [-0.3, -0.25) is 0 Å². The van der Waals surface area contributed by atoms with Gasteiger partial charge in [0.25, 0.3) is 0 Å². The number of rotatable bonds is 4. The number of benzene rings is 2. The summed E-state index contributed by atoms with van der Waals surface area (Å²) in [7, 11) is 0. The predicted molar refractivity (Wildman–Crippen MR) is 78.9 cm³/mol. The number of hydrogen-bond donors (Lipinski definition) is 2. The molecule has 0 saturated heterocycles. The SMILES string of the molecule is Cc1ccc(NCCc2ccc(F)cc2C)c(N)c1. The summed E-state index contributed by atoms with van der Waals surface area (Å²) in [5.41, 5.74) is 10.9. The molecule has 0 fully saturated rings. The van der Waals surface area contributed by atoms with Crippen LogP contribution in [0.1, 0.15) is 16.7 Å². The lowest BCUT2D eigenvalue weighted by Gasteiger charge is -2.11. The van der Waals surface area contributed by atoms with Crippen LogP contribution in [-0.2, 0) is 6.42 Å². The van der Waals surface area contributed by atoms with Gasteiger partial charge < -0.3 is 11.1 Å². The molecule has 2 aromatic rings. The highest BCUT2D eigenvalue weighted by Gasteiger charge is 2.02. The Morgan fingerprint density at radius 3 is 2.58 bits per heavy atom. The first-order valence-electron chi connectivity index (χ1n) is 6.41. The molecule has 0 aromatic heterocycles. The fourth-order valence-corrected chi connectivity index (χ4v) is 2.11. The summed E-state index contributed by atoms with van der Waals surface area (Å²) in [6, 6.07) is 10.9. The molecule has 0 saturated carbocycles. The lowest BCUT2D eigenvalue weighted by atomic mass is 10.1. The highest BCUT2D eigenvalue weighted by molar-refractivity contribution is 5.66. The van der Waals surface area contributed by atoms with Crippen LogP contribution in [0, 0.1) is 19.7 Å². The quantitative estimate of drug-likeness (QED) is 0.821. The Balaban J connectivity index is 1.96. The molecule has 3 N–H and O–H groups in total. The van der Waals surface area contributed by atoms with Gasteiger partial charge in [0.2, 0.25) is 0 Å². The zero-order valence-corrected chi connectivity index (χ0v) is 11.3. The third kappa shape index (κ3) is 3.47. The molecule has 19 heavy (non-hydrogen) atoms. The molecule has 100 valence electrons. The van der Waals surface area contributed by atoms with Gasteiger partial charge in [-0.1, -0.05) is 12.1 Å². The van der Waals surface area contributed by atoms with Gasteiger partial charge >= 0.3 is 0 Å². The van der Waals surface area contributed by atoms with E-state index in [0.29, 0.717) is 0 Å². The van der Waals surface area contributed by atoms with Crippen LogP contribution in [0.15, 0.2) is 36.4 Å². The van der Waals surface area contributed by atoms with Crippen LogP contribution in [0.2, 0.25) is 0 Å². The van der Waals surface area contributed by atoms with Gasteiger partial charge in [-0.15, -0.1) is 0 Å². The Kier molecular flexibility index (Phi) is 4.05. The first-order chi connectivity index (χ1) is 9.06. The molecule has 0 unspecified atom stereocenters. The molecule has 0 amide bonds. The maximum absolute atomic E-state index is 13.0. The minimum absolute atomic E-state index is 0.183. The number of halogens is 1. The molecule has 2 aromatic carbocycles. The predicted octanol–water partition coefficient (Wildman–Crippen LogP) is 3.68. The topological polar surface area (TPSA) is 38.0 Å². The normalized spacial score (nSPS) is 10.5. The van der Waals surface area contributed by atoms with Crippen molar-refractivity contribution in [1.29, 1.82) is 0 Å². The highest BCUT2D eigenvalue weighted by Crippen LogP contribution is 2.19. The molecule has 0 atom stereocenters. The van der Waals surface area contributed by atoms with Crippen LogP contribution in [0.3, 0.4) is 0 Å². The fourth-order valence-electron chi connectivity index (χ4n) is 2.11. The Labute approximate surface area is 113 Å². The van der Waals surface area contributed by atoms with E-state index in [1.54, 1.807) is 6.07 Å². The van der Waals surface area contributed by atoms with Gasteiger partial charge in [0.1, 0.15) is 5.82 Å². The van der Waals surface area contributed by atoms with Gasteiger partial charge in [-0.2, -0.15) is 0 Å². The van der Waals surface area contributed by atoms with Crippen LogP contribution in [0.25, 0.3) is 0 Å².